The molecule has 0 fully saturated rings. The van der Waals surface area contributed by atoms with Crippen molar-refractivity contribution in [1.29, 1.82) is 0 Å². The summed E-state index contributed by atoms with van der Waals surface area (Å²) >= 11 is 0. The Morgan fingerprint density at radius 1 is 1.38 bits per heavy atom. The second kappa shape index (κ2) is 6.92. The number of nitrogens with one attached hydrogen (secondary N) is 2. The average Bonchev–Trinajstić information content (AvgIpc) is 2.86. The summed E-state index contributed by atoms with van der Waals surface area (Å²) in [4.78, 5) is 12.0. The van der Waals surface area contributed by atoms with Crippen LogP contribution >= 0.6 is 0 Å². The zero-order valence-electron chi connectivity index (χ0n) is 12.8. The Balaban J connectivity index is 1.77. The zero-order valence-corrected chi connectivity index (χ0v) is 12.8. The molecule has 0 saturated heterocycles. The number of hydrogen-bond acceptors (Lipinski definition) is 3. The fourth-order valence-electron chi connectivity index (χ4n) is 2.18. The molecular formula is C16H22N4O. The molecule has 0 unspecified atom stereocenters. The lowest BCUT2D eigenvalue weighted by Crippen LogP contribution is -2.38. The van der Waals surface area contributed by atoms with Crippen LogP contribution in [0.2, 0.25) is 0 Å². The first-order chi connectivity index (χ1) is 10.1. The molecule has 1 aromatic carbocycles. The molecule has 1 heterocycles. The molecular weight excluding hydrogens is 264 g/mol. The van der Waals surface area contributed by atoms with Gasteiger partial charge in [0, 0.05) is 19.8 Å². The molecule has 2 N–H and O–H groups in total. The Labute approximate surface area is 125 Å². The van der Waals surface area contributed by atoms with Crippen LogP contribution in [0.1, 0.15) is 18.1 Å². The summed E-state index contributed by atoms with van der Waals surface area (Å²) < 4.78 is 1.70. The van der Waals surface area contributed by atoms with Crippen molar-refractivity contribution in [3.63, 3.8) is 0 Å². The normalized spacial score (nSPS) is 12.0. The third kappa shape index (κ3) is 4.34. The van der Waals surface area contributed by atoms with Gasteiger partial charge in [0.1, 0.15) is 6.04 Å². The van der Waals surface area contributed by atoms with E-state index in [1.54, 1.807) is 10.9 Å². The van der Waals surface area contributed by atoms with Gasteiger partial charge in [-0.3, -0.25) is 9.48 Å². The fourth-order valence-corrected chi connectivity index (χ4v) is 2.18. The van der Waals surface area contributed by atoms with Crippen molar-refractivity contribution in [3.05, 3.63) is 47.8 Å². The third-order valence-corrected chi connectivity index (χ3v) is 3.44. The topological polar surface area (TPSA) is 59.0 Å². The molecule has 0 saturated carbocycles. The average molecular weight is 286 g/mol. The molecule has 0 bridgehead atoms. The number of carbonyl (C=O) groups is 1. The van der Waals surface area contributed by atoms with E-state index in [0.717, 1.165) is 12.1 Å². The summed E-state index contributed by atoms with van der Waals surface area (Å²) in [7, 11) is 1.85. The van der Waals surface area contributed by atoms with Crippen LogP contribution in [0.25, 0.3) is 0 Å². The van der Waals surface area contributed by atoms with Gasteiger partial charge in [0.15, 0.2) is 0 Å². The second-order valence-corrected chi connectivity index (χ2v) is 5.24. The monoisotopic (exact) mass is 286 g/mol. The fraction of sp³-hybridized carbons (Fsp3) is 0.375. The van der Waals surface area contributed by atoms with Crippen molar-refractivity contribution >= 4 is 11.6 Å². The molecule has 112 valence electrons. The van der Waals surface area contributed by atoms with E-state index < -0.39 is 0 Å². The smallest absolute Gasteiger partial charge is 0.242 e. The maximum absolute atomic E-state index is 12.0. The summed E-state index contributed by atoms with van der Waals surface area (Å²) in [5, 5.41) is 10.1. The van der Waals surface area contributed by atoms with Gasteiger partial charge in [-0.05, 0) is 31.4 Å². The summed E-state index contributed by atoms with van der Waals surface area (Å²) in [6.45, 7) is 4.57. The SMILES string of the molecule is Cc1ccccc1CCNC(=O)[C@H](C)Nc1cnn(C)c1. The van der Waals surface area contributed by atoms with Gasteiger partial charge in [0.25, 0.3) is 0 Å². The van der Waals surface area contributed by atoms with Gasteiger partial charge in [-0.1, -0.05) is 24.3 Å². The lowest BCUT2D eigenvalue weighted by molar-refractivity contribution is -0.121. The summed E-state index contributed by atoms with van der Waals surface area (Å²) in [6, 6.07) is 7.95. The van der Waals surface area contributed by atoms with Gasteiger partial charge < -0.3 is 10.6 Å². The number of aromatic nitrogens is 2. The highest BCUT2D eigenvalue weighted by Gasteiger charge is 2.12. The van der Waals surface area contributed by atoms with Crippen LogP contribution in [0.15, 0.2) is 36.7 Å². The van der Waals surface area contributed by atoms with Crippen molar-refractivity contribution in [2.24, 2.45) is 7.05 Å². The number of aryl methyl sites for hydroxylation is 2. The Morgan fingerprint density at radius 2 is 2.14 bits per heavy atom. The molecule has 0 aliphatic heterocycles. The largest absolute Gasteiger partial charge is 0.371 e. The van der Waals surface area contributed by atoms with Gasteiger partial charge in [-0.2, -0.15) is 5.10 Å². The van der Waals surface area contributed by atoms with E-state index in [0.29, 0.717) is 6.54 Å². The molecule has 1 atom stereocenters. The van der Waals surface area contributed by atoms with Crippen molar-refractivity contribution in [3.8, 4) is 0 Å². The number of hydrogen-bond donors (Lipinski definition) is 2. The summed E-state index contributed by atoms with van der Waals surface area (Å²) in [6.07, 6.45) is 4.40. The quantitative estimate of drug-likeness (QED) is 0.852. The van der Waals surface area contributed by atoms with Crippen molar-refractivity contribution in [2.75, 3.05) is 11.9 Å². The Morgan fingerprint density at radius 3 is 2.81 bits per heavy atom. The minimum atomic E-state index is -0.286. The first-order valence-corrected chi connectivity index (χ1v) is 7.13. The van der Waals surface area contributed by atoms with Crippen LogP contribution in [0.4, 0.5) is 5.69 Å². The van der Waals surface area contributed by atoms with Gasteiger partial charge in [-0.25, -0.2) is 0 Å². The standard InChI is InChI=1S/C16H22N4O/c1-12-6-4-5-7-14(12)8-9-17-16(21)13(2)19-15-10-18-20(3)11-15/h4-7,10-11,13,19H,8-9H2,1-3H3,(H,17,21)/t13-/m0/s1. The van der Waals surface area contributed by atoms with Crippen molar-refractivity contribution < 1.29 is 4.79 Å². The van der Waals surface area contributed by atoms with Crippen LogP contribution in [0.3, 0.4) is 0 Å². The summed E-state index contributed by atoms with van der Waals surface area (Å²) in [5.74, 6) is -0.00700. The van der Waals surface area contributed by atoms with Gasteiger partial charge in [0.05, 0.1) is 11.9 Å². The minimum Gasteiger partial charge on any atom is -0.371 e. The number of benzene rings is 1. The maximum Gasteiger partial charge on any atom is 0.242 e. The van der Waals surface area contributed by atoms with E-state index in [9.17, 15) is 4.79 Å². The first kappa shape index (κ1) is 15.1. The van der Waals surface area contributed by atoms with Crippen molar-refractivity contribution in [1.82, 2.24) is 15.1 Å². The molecule has 1 aromatic heterocycles. The zero-order chi connectivity index (χ0) is 15.2. The van der Waals surface area contributed by atoms with E-state index >= 15 is 0 Å². The molecule has 0 spiro atoms. The maximum atomic E-state index is 12.0. The molecule has 1 amide bonds. The van der Waals surface area contributed by atoms with Gasteiger partial charge in [-0.15, -0.1) is 0 Å². The Kier molecular flexibility index (Phi) is 4.98. The number of carbonyl (C=O) groups excluding carboxylic acids is 1. The molecule has 0 radical (unpaired) electrons. The van der Waals surface area contributed by atoms with E-state index in [2.05, 4.69) is 34.8 Å². The number of rotatable bonds is 6. The highest BCUT2D eigenvalue weighted by molar-refractivity contribution is 5.84. The lowest BCUT2D eigenvalue weighted by Gasteiger charge is -2.14. The predicted octanol–water partition coefficient (Wildman–Crippen LogP) is 1.89. The van der Waals surface area contributed by atoms with Crippen molar-refractivity contribution in [2.45, 2.75) is 26.3 Å². The van der Waals surface area contributed by atoms with Gasteiger partial charge in [0.2, 0.25) is 5.91 Å². The van der Waals surface area contributed by atoms with Crippen LogP contribution in [-0.4, -0.2) is 28.3 Å². The van der Waals surface area contributed by atoms with Crippen LogP contribution in [0.5, 0.6) is 0 Å². The molecule has 5 nitrogen and oxygen atoms in total. The van der Waals surface area contributed by atoms with Gasteiger partial charge >= 0.3 is 0 Å². The van der Waals surface area contributed by atoms with E-state index in [-0.39, 0.29) is 11.9 Å². The van der Waals surface area contributed by atoms with E-state index in [4.69, 9.17) is 0 Å². The number of nitrogens with zero attached hydrogens (tertiary/aromatic N) is 2. The highest BCUT2D eigenvalue weighted by atomic mass is 16.2. The van der Waals surface area contributed by atoms with Crippen LogP contribution < -0.4 is 10.6 Å². The molecule has 0 aliphatic carbocycles. The summed E-state index contributed by atoms with van der Waals surface area (Å²) in [5.41, 5.74) is 3.37. The van der Waals surface area contributed by atoms with Crippen LogP contribution in [-0.2, 0) is 18.3 Å². The van der Waals surface area contributed by atoms with E-state index in [1.165, 1.54) is 11.1 Å². The number of amides is 1. The molecule has 0 aliphatic rings. The lowest BCUT2D eigenvalue weighted by atomic mass is 10.1. The number of anilines is 1. The minimum absolute atomic E-state index is 0.00700. The molecule has 21 heavy (non-hydrogen) atoms. The van der Waals surface area contributed by atoms with E-state index in [1.807, 2.05) is 32.3 Å². The van der Waals surface area contributed by atoms with Crippen LogP contribution in [0, 0.1) is 6.92 Å². The Hall–Kier alpha value is -2.30. The second-order valence-electron chi connectivity index (χ2n) is 5.24. The molecule has 2 rings (SSSR count). The third-order valence-electron chi connectivity index (χ3n) is 3.44. The molecule has 5 heteroatoms. The first-order valence-electron chi connectivity index (χ1n) is 7.13. The molecule has 2 aromatic rings. The Bertz CT molecular complexity index is 606. The highest BCUT2D eigenvalue weighted by Crippen LogP contribution is 2.07. The predicted molar refractivity (Wildman–Crippen MR) is 84.2 cm³/mol.